The van der Waals surface area contributed by atoms with Crippen LogP contribution < -0.4 is 10.9 Å². The summed E-state index contributed by atoms with van der Waals surface area (Å²) < 4.78 is 18.5. The molecule has 3 aromatic rings. The summed E-state index contributed by atoms with van der Waals surface area (Å²) in [5, 5.41) is 6.31. The summed E-state index contributed by atoms with van der Waals surface area (Å²) in [5.41, 5.74) is 0.534. The number of pyridine rings is 1. The van der Waals surface area contributed by atoms with E-state index in [1.54, 1.807) is 24.3 Å². The van der Waals surface area contributed by atoms with Crippen molar-refractivity contribution >= 4 is 12.0 Å². The Bertz CT molecular complexity index is 978. The lowest BCUT2D eigenvalue weighted by atomic mass is 10.2. The highest BCUT2D eigenvalue weighted by Crippen LogP contribution is 2.12. The van der Waals surface area contributed by atoms with Gasteiger partial charge in [-0.15, -0.1) is 0 Å². The van der Waals surface area contributed by atoms with E-state index < -0.39 is 11.7 Å². The van der Waals surface area contributed by atoms with E-state index in [2.05, 4.69) is 20.4 Å². The summed E-state index contributed by atoms with van der Waals surface area (Å²) in [6, 6.07) is 9.09. The molecule has 0 saturated heterocycles. The quantitative estimate of drug-likeness (QED) is 0.691. The Labute approximate surface area is 141 Å². The molecule has 1 aromatic carbocycles. The molecule has 126 valence electrons. The fourth-order valence-electron chi connectivity index (χ4n) is 2.02. The number of rotatable bonds is 5. The maximum atomic E-state index is 13.4. The van der Waals surface area contributed by atoms with Crippen LogP contribution in [-0.4, -0.2) is 21.0 Å². The minimum Gasteiger partial charge on any atom is -0.343 e. The molecular formula is C17H13FN4O3. The van der Waals surface area contributed by atoms with Crippen molar-refractivity contribution in [1.29, 1.82) is 0 Å². The number of nitrogens with one attached hydrogen (secondary N) is 2. The molecule has 0 aliphatic heterocycles. The average Bonchev–Trinajstić information content (AvgIpc) is 3.08. The molecule has 25 heavy (non-hydrogen) atoms. The van der Waals surface area contributed by atoms with Crippen LogP contribution in [0.5, 0.6) is 0 Å². The summed E-state index contributed by atoms with van der Waals surface area (Å²) in [4.78, 5) is 29.6. The van der Waals surface area contributed by atoms with E-state index in [-0.39, 0.29) is 23.8 Å². The second kappa shape index (κ2) is 7.35. The molecule has 7 nitrogen and oxygen atoms in total. The highest BCUT2D eigenvalue weighted by Gasteiger charge is 2.09. The van der Waals surface area contributed by atoms with Crippen LogP contribution >= 0.6 is 0 Å². The first-order chi connectivity index (χ1) is 12.1. The molecule has 0 unspecified atom stereocenters. The Hall–Kier alpha value is -3.55. The molecule has 8 heteroatoms. The number of benzene rings is 1. The number of H-pyrrole nitrogens is 1. The Morgan fingerprint density at radius 1 is 1.32 bits per heavy atom. The number of aromatic amines is 1. The van der Waals surface area contributed by atoms with Crippen LogP contribution in [0.4, 0.5) is 4.39 Å². The van der Waals surface area contributed by atoms with Gasteiger partial charge in [-0.05, 0) is 18.2 Å². The molecule has 2 heterocycles. The van der Waals surface area contributed by atoms with Gasteiger partial charge in [0.05, 0.1) is 6.54 Å². The monoisotopic (exact) mass is 340 g/mol. The molecule has 0 atom stereocenters. The Balaban J connectivity index is 1.60. The van der Waals surface area contributed by atoms with E-state index in [4.69, 9.17) is 4.52 Å². The van der Waals surface area contributed by atoms with Crippen molar-refractivity contribution in [3.8, 4) is 11.4 Å². The molecule has 0 fully saturated rings. The zero-order valence-electron chi connectivity index (χ0n) is 12.9. The van der Waals surface area contributed by atoms with Crippen molar-refractivity contribution in [2.45, 2.75) is 6.54 Å². The first kappa shape index (κ1) is 16.3. The minimum atomic E-state index is -0.431. The third-order valence-electron chi connectivity index (χ3n) is 3.23. The highest BCUT2D eigenvalue weighted by molar-refractivity contribution is 5.91. The molecule has 0 radical (unpaired) electrons. The van der Waals surface area contributed by atoms with E-state index in [1.807, 2.05) is 0 Å². The lowest BCUT2D eigenvalue weighted by Crippen LogP contribution is -2.20. The van der Waals surface area contributed by atoms with Crippen molar-refractivity contribution in [2.75, 3.05) is 0 Å². The summed E-state index contributed by atoms with van der Waals surface area (Å²) >= 11 is 0. The van der Waals surface area contributed by atoms with Crippen LogP contribution in [0.25, 0.3) is 17.5 Å². The molecule has 0 bridgehead atoms. The topological polar surface area (TPSA) is 101 Å². The maximum Gasteiger partial charge on any atom is 0.248 e. The third kappa shape index (κ3) is 4.25. The maximum absolute atomic E-state index is 13.4. The number of halogens is 1. The van der Waals surface area contributed by atoms with E-state index in [1.165, 1.54) is 30.5 Å². The van der Waals surface area contributed by atoms with Crippen molar-refractivity contribution in [1.82, 2.24) is 20.4 Å². The van der Waals surface area contributed by atoms with Gasteiger partial charge in [0.1, 0.15) is 5.82 Å². The first-order valence-electron chi connectivity index (χ1n) is 7.34. The van der Waals surface area contributed by atoms with Crippen LogP contribution in [0.1, 0.15) is 11.5 Å². The molecule has 0 spiro atoms. The fourth-order valence-corrected chi connectivity index (χ4v) is 2.02. The number of amides is 1. The van der Waals surface area contributed by atoms with Gasteiger partial charge in [0.15, 0.2) is 0 Å². The standard InChI is InChI=1S/C17H13FN4O3/c18-13-4-2-1-3-11(13)5-6-14(23)20-10-16-21-17(22-25-16)12-7-8-19-15(24)9-12/h1-9H,10H2,(H,19,24)(H,20,23). The Kier molecular flexibility index (Phi) is 4.79. The van der Waals surface area contributed by atoms with E-state index >= 15 is 0 Å². The van der Waals surface area contributed by atoms with Crippen LogP contribution in [0.15, 0.2) is 58.0 Å². The van der Waals surface area contributed by atoms with Crippen LogP contribution in [-0.2, 0) is 11.3 Å². The number of carbonyl (C=O) groups is 1. The van der Waals surface area contributed by atoms with Crippen LogP contribution in [0.3, 0.4) is 0 Å². The third-order valence-corrected chi connectivity index (χ3v) is 3.23. The van der Waals surface area contributed by atoms with Crippen LogP contribution in [0.2, 0.25) is 0 Å². The zero-order valence-corrected chi connectivity index (χ0v) is 12.9. The first-order valence-corrected chi connectivity index (χ1v) is 7.34. The molecule has 0 saturated carbocycles. The molecule has 0 aliphatic rings. The SMILES string of the molecule is O=C(C=Cc1ccccc1F)NCc1nc(-c2cc[nH]c(=O)c2)no1. The van der Waals surface area contributed by atoms with Gasteiger partial charge in [-0.1, -0.05) is 23.4 Å². The van der Waals surface area contributed by atoms with Crippen molar-refractivity contribution in [3.63, 3.8) is 0 Å². The normalized spacial score (nSPS) is 10.9. The number of carbonyl (C=O) groups excluding carboxylic acids is 1. The molecule has 2 N–H and O–H groups in total. The van der Waals surface area contributed by atoms with Gasteiger partial charge >= 0.3 is 0 Å². The number of hydrogen-bond donors (Lipinski definition) is 2. The zero-order chi connectivity index (χ0) is 17.6. The van der Waals surface area contributed by atoms with E-state index in [9.17, 15) is 14.0 Å². The van der Waals surface area contributed by atoms with Gasteiger partial charge in [0, 0.05) is 29.5 Å². The summed E-state index contributed by atoms with van der Waals surface area (Å²) in [6.45, 7) is 0.0106. The van der Waals surface area contributed by atoms with Gasteiger partial charge < -0.3 is 14.8 Å². The molecular weight excluding hydrogens is 327 g/mol. The number of hydrogen-bond acceptors (Lipinski definition) is 5. The van der Waals surface area contributed by atoms with Crippen molar-refractivity contribution in [2.24, 2.45) is 0 Å². The predicted molar refractivity (Wildman–Crippen MR) is 87.6 cm³/mol. The molecule has 2 aromatic heterocycles. The molecule has 3 rings (SSSR count). The second-order valence-corrected chi connectivity index (χ2v) is 5.03. The van der Waals surface area contributed by atoms with E-state index in [0.717, 1.165) is 0 Å². The van der Waals surface area contributed by atoms with E-state index in [0.29, 0.717) is 11.1 Å². The fraction of sp³-hybridized carbons (Fsp3) is 0.0588. The van der Waals surface area contributed by atoms with Crippen LogP contribution in [0, 0.1) is 5.82 Å². The van der Waals surface area contributed by atoms with Gasteiger partial charge in [-0.2, -0.15) is 4.98 Å². The average molecular weight is 340 g/mol. The largest absolute Gasteiger partial charge is 0.343 e. The smallest absolute Gasteiger partial charge is 0.248 e. The van der Waals surface area contributed by atoms with Gasteiger partial charge in [-0.25, -0.2) is 4.39 Å². The Morgan fingerprint density at radius 2 is 2.16 bits per heavy atom. The highest BCUT2D eigenvalue weighted by atomic mass is 19.1. The lowest BCUT2D eigenvalue weighted by molar-refractivity contribution is -0.116. The summed E-state index contributed by atoms with van der Waals surface area (Å²) in [6.07, 6.45) is 4.07. The number of nitrogens with zero attached hydrogens (tertiary/aromatic N) is 2. The second-order valence-electron chi connectivity index (χ2n) is 5.03. The van der Waals surface area contributed by atoms with Gasteiger partial charge in [0.25, 0.3) is 0 Å². The summed E-state index contributed by atoms with van der Waals surface area (Å²) in [7, 11) is 0. The van der Waals surface area contributed by atoms with Gasteiger partial charge in [0.2, 0.25) is 23.2 Å². The predicted octanol–water partition coefficient (Wildman–Crippen LogP) is 1.89. The van der Waals surface area contributed by atoms with Crippen molar-refractivity contribution in [3.05, 3.63) is 76.3 Å². The molecule has 1 amide bonds. The Morgan fingerprint density at radius 3 is 2.96 bits per heavy atom. The molecule has 0 aliphatic carbocycles. The van der Waals surface area contributed by atoms with Gasteiger partial charge in [-0.3, -0.25) is 9.59 Å². The van der Waals surface area contributed by atoms with Crippen molar-refractivity contribution < 1.29 is 13.7 Å². The minimum absolute atomic E-state index is 0.0106. The lowest BCUT2D eigenvalue weighted by Gasteiger charge is -1.98. The summed E-state index contributed by atoms with van der Waals surface area (Å²) in [5.74, 6) is -0.412. The number of aromatic nitrogens is 3.